The molecule has 1 aromatic carbocycles. The summed E-state index contributed by atoms with van der Waals surface area (Å²) < 4.78 is 5.49. The number of morpholine rings is 1. The molecule has 0 saturated carbocycles. The summed E-state index contributed by atoms with van der Waals surface area (Å²) in [6.07, 6.45) is 9.06. The Morgan fingerprint density at radius 2 is 1.53 bits per heavy atom. The van der Waals surface area contributed by atoms with E-state index in [4.69, 9.17) is 4.74 Å². The number of hydrogen-bond donors (Lipinski definition) is 2. The van der Waals surface area contributed by atoms with E-state index < -0.39 is 0 Å². The molecule has 36 heavy (non-hydrogen) atoms. The number of aromatic amines is 1. The van der Waals surface area contributed by atoms with Crippen molar-refractivity contribution >= 4 is 34.2 Å². The van der Waals surface area contributed by atoms with Gasteiger partial charge in [-0.2, -0.15) is 0 Å². The monoisotopic (exact) mass is 486 g/mol. The van der Waals surface area contributed by atoms with Crippen molar-refractivity contribution in [3.8, 4) is 11.3 Å². The number of ether oxygens (including phenoxy) is 1. The molecule has 2 fully saturated rings. The molecule has 0 aliphatic carbocycles. The van der Waals surface area contributed by atoms with E-state index >= 15 is 0 Å². The third-order valence-corrected chi connectivity index (χ3v) is 6.48. The summed E-state index contributed by atoms with van der Waals surface area (Å²) in [6, 6.07) is 10.5. The summed E-state index contributed by atoms with van der Waals surface area (Å²) in [5, 5.41) is 4.43. The van der Waals surface area contributed by atoms with E-state index in [0.717, 1.165) is 84.8 Å². The molecule has 0 amide bonds. The van der Waals surface area contributed by atoms with Crippen molar-refractivity contribution in [2.45, 2.75) is 33.1 Å². The number of aromatic nitrogens is 5. The van der Waals surface area contributed by atoms with Crippen molar-refractivity contribution in [3.63, 3.8) is 0 Å². The second-order valence-corrected chi connectivity index (χ2v) is 8.76. The maximum atomic E-state index is 5.49. The highest BCUT2D eigenvalue weighted by Crippen LogP contribution is 2.30. The minimum Gasteiger partial charge on any atom is -0.378 e. The molecule has 9 nitrogen and oxygen atoms in total. The summed E-state index contributed by atoms with van der Waals surface area (Å²) in [5.41, 5.74) is 4.83. The van der Waals surface area contributed by atoms with Gasteiger partial charge in [-0.3, -0.25) is 0 Å². The van der Waals surface area contributed by atoms with Gasteiger partial charge in [0.25, 0.3) is 0 Å². The van der Waals surface area contributed by atoms with Crippen LogP contribution in [-0.4, -0.2) is 64.3 Å². The van der Waals surface area contributed by atoms with E-state index in [1.165, 1.54) is 19.3 Å². The lowest BCUT2D eigenvalue weighted by atomic mass is 10.1. The molecule has 2 N–H and O–H groups in total. The second kappa shape index (κ2) is 11.3. The molecule has 4 aromatic rings. The van der Waals surface area contributed by atoms with Crippen molar-refractivity contribution < 1.29 is 4.74 Å². The van der Waals surface area contributed by atoms with E-state index in [9.17, 15) is 0 Å². The molecule has 0 spiro atoms. The number of nitrogens with one attached hydrogen (secondary N) is 2. The third kappa shape index (κ3) is 5.26. The van der Waals surface area contributed by atoms with Crippen LogP contribution in [0.1, 0.15) is 33.1 Å². The number of piperidine rings is 1. The Hall–Kier alpha value is -3.72. The average Bonchev–Trinajstić information content (AvgIpc) is 3.41. The minimum absolute atomic E-state index is 0.725. The molecule has 5 heterocycles. The van der Waals surface area contributed by atoms with Crippen LogP contribution in [0.5, 0.6) is 0 Å². The van der Waals surface area contributed by atoms with Gasteiger partial charge >= 0.3 is 0 Å². The number of rotatable bonds is 5. The third-order valence-electron chi connectivity index (χ3n) is 6.48. The number of anilines is 4. The predicted molar refractivity (Wildman–Crippen MR) is 145 cm³/mol. The highest BCUT2D eigenvalue weighted by Gasteiger charge is 2.18. The van der Waals surface area contributed by atoms with Crippen LogP contribution in [-0.2, 0) is 4.74 Å². The van der Waals surface area contributed by atoms with Crippen molar-refractivity contribution in [1.82, 2.24) is 24.9 Å². The summed E-state index contributed by atoms with van der Waals surface area (Å²) in [5.74, 6) is 1.78. The van der Waals surface area contributed by atoms with Gasteiger partial charge in [0, 0.05) is 37.6 Å². The summed E-state index contributed by atoms with van der Waals surface area (Å²) in [6.45, 7) is 9.22. The van der Waals surface area contributed by atoms with Gasteiger partial charge in [-0.05, 0) is 43.0 Å². The topological polar surface area (TPSA) is 95.1 Å². The molecule has 6 rings (SSSR count). The Labute approximate surface area is 212 Å². The Bertz CT molecular complexity index is 1240. The Balaban J connectivity index is 0.00000130. The van der Waals surface area contributed by atoms with E-state index in [1.54, 1.807) is 6.33 Å². The molecule has 0 bridgehead atoms. The summed E-state index contributed by atoms with van der Waals surface area (Å²) >= 11 is 0. The first-order valence-electron chi connectivity index (χ1n) is 12.9. The molecule has 2 aliphatic rings. The van der Waals surface area contributed by atoms with E-state index in [-0.39, 0.29) is 0 Å². The first-order chi connectivity index (χ1) is 17.8. The minimum atomic E-state index is 0.725. The Kier molecular flexibility index (Phi) is 7.56. The quantitative estimate of drug-likeness (QED) is 0.406. The standard InChI is InChI=1S/C25H28N8O.C2H6/c1-2-8-33(9-3-1)25-26-15-20(16-27-25)30-19-6-4-18(5-7-19)22-14-21-23(31-22)28-17-29-24(21)32-10-12-34-13-11-32;1-2/h4-7,14-17,30H,1-3,8-13H2,(H,28,29,31);1-2H3. The lowest BCUT2D eigenvalue weighted by Gasteiger charge is -2.27. The second-order valence-electron chi connectivity index (χ2n) is 8.76. The van der Waals surface area contributed by atoms with Gasteiger partial charge in [0.15, 0.2) is 0 Å². The molecule has 2 aliphatic heterocycles. The summed E-state index contributed by atoms with van der Waals surface area (Å²) in [7, 11) is 0. The maximum absolute atomic E-state index is 5.49. The van der Waals surface area contributed by atoms with Gasteiger partial charge in [-0.15, -0.1) is 0 Å². The Morgan fingerprint density at radius 3 is 2.25 bits per heavy atom. The van der Waals surface area contributed by atoms with Gasteiger partial charge in [0.05, 0.1) is 36.7 Å². The zero-order chi connectivity index (χ0) is 24.7. The van der Waals surface area contributed by atoms with Gasteiger partial charge in [0.1, 0.15) is 17.8 Å². The zero-order valence-electron chi connectivity index (χ0n) is 21.1. The van der Waals surface area contributed by atoms with Crippen LogP contribution < -0.4 is 15.1 Å². The number of hydrogen-bond acceptors (Lipinski definition) is 8. The van der Waals surface area contributed by atoms with Crippen LogP contribution in [0.4, 0.5) is 23.1 Å². The van der Waals surface area contributed by atoms with Crippen molar-refractivity contribution in [1.29, 1.82) is 0 Å². The molecule has 2 saturated heterocycles. The van der Waals surface area contributed by atoms with Gasteiger partial charge < -0.3 is 24.8 Å². The first-order valence-corrected chi connectivity index (χ1v) is 12.9. The molecule has 3 aromatic heterocycles. The number of benzene rings is 1. The van der Waals surface area contributed by atoms with Crippen LogP contribution in [0.3, 0.4) is 0 Å². The van der Waals surface area contributed by atoms with Gasteiger partial charge in [0.2, 0.25) is 5.95 Å². The van der Waals surface area contributed by atoms with Crippen LogP contribution in [0.2, 0.25) is 0 Å². The zero-order valence-corrected chi connectivity index (χ0v) is 21.1. The lowest BCUT2D eigenvalue weighted by Crippen LogP contribution is -2.36. The van der Waals surface area contributed by atoms with E-state index in [1.807, 2.05) is 26.2 Å². The Morgan fingerprint density at radius 1 is 0.806 bits per heavy atom. The van der Waals surface area contributed by atoms with Crippen molar-refractivity contribution in [2.75, 3.05) is 54.5 Å². The van der Waals surface area contributed by atoms with Crippen LogP contribution in [0.15, 0.2) is 49.1 Å². The van der Waals surface area contributed by atoms with E-state index in [2.05, 4.69) is 70.4 Å². The lowest BCUT2D eigenvalue weighted by molar-refractivity contribution is 0.122. The van der Waals surface area contributed by atoms with Crippen LogP contribution in [0.25, 0.3) is 22.3 Å². The SMILES string of the molecule is CC.c1nc(N2CCOCC2)c2cc(-c3ccc(Nc4cnc(N5CCCCC5)nc4)cc3)[nH]c2n1. The number of nitrogens with zero attached hydrogens (tertiary/aromatic N) is 6. The predicted octanol–water partition coefficient (Wildman–Crippen LogP) is 5.01. The number of fused-ring (bicyclic) bond motifs is 1. The molecular weight excluding hydrogens is 452 g/mol. The fourth-order valence-electron chi connectivity index (χ4n) is 4.65. The molecule has 0 atom stereocenters. The maximum Gasteiger partial charge on any atom is 0.225 e. The van der Waals surface area contributed by atoms with E-state index in [0.29, 0.717) is 0 Å². The highest BCUT2D eigenvalue weighted by atomic mass is 16.5. The smallest absolute Gasteiger partial charge is 0.225 e. The highest BCUT2D eigenvalue weighted by molar-refractivity contribution is 5.92. The van der Waals surface area contributed by atoms with Crippen LogP contribution in [0, 0.1) is 0 Å². The molecular formula is C27H34N8O. The largest absolute Gasteiger partial charge is 0.378 e. The average molecular weight is 487 g/mol. The van der Waals surface area contributed by atoms with Crippen molar-refractivity contribution in [2.24, 2.45) is 0 Å². The normalized spacial score (nSPS) is 15.9. The number of H-pyrrole nitrogens is 1. The fourth-order valence-corrected chi connectivity index (χ4v) is 4.65. The van der Waals surface area contributed by atoms with Gasteiger partial charge in [-0.25, -0.2) is 19.9 Å². The first kappa shape index (κ1) is 24.0. The molecule has 0 unspecified atom stereocenters. The molecule has 188 valence electrons. The molecule has 0 radical (unpaired) electrons. The van der Waals surface area contributed by atoms with Crippen molar-refractivity contribution in [3.05, 3.63) is 49.1 Å². The molecule has 9 heteroatoms. The van der Waals surface area contributed by atoms with Gasteiger partial charge in [-0.1, -0.05) is 26.0 Å². The fraction of sp³-hybridized carbons (Fsp3) is 0.407. The summed E-state index contributed by atoms with van der Waals surface area (Å²) in [4.78, 5) is 26.1. The van der Waals surface area contributed by atoms with Crippen LogP contribution >= 0.6 is 0 Å².